The molecule has 0 bridgehead atoms. The van der Waals surface area contributed by atoms with E-state index in [1.807, 2.05) is 6.07 Å². The normalized spacial score (nSPS) is 10.5. The molecule has 4 rings (SSSR count). The van der Waals surface area contributed by atoms with Gasteiger partial charge in [0.05, 0.1) is 34.1 Å². The molecule has 0 aliphatic carbocycles. The summed E-state index contributed by atoms with van der Waals surface area (Å²) in [5.41, 5.74) is 1.03. The van der Waals surface area contributed by atoms with Crippen molar-refractivity contribution in [2.24, 2.45) is 0 Å². The third kappa shape index (κ3) is 5.07. The molecule has 4 aromatic rings. The largest absolute Gasteiger partial charge is 0.493 e. The lowest BCUT2D eigenvalue weighted by Crippen LogP contribution is -2.15. The van der Waals surface area contributed by atoms with Gasteiger partial charge in [0.15, 0.2) is 17.2 Å². The number of furan rings is 1. The summed E-state index contributed by atoms with van der Waals surface area (Å²) in [6.07, 6.45) is 0. The minimum atomic E-state index is -0.763. The summed E-state index contributed by atoms with van der Waals surface area (Å²) in [4.78, 5) is 37.2. The summed E-state index contributed by atoms with van der Waals surface area (Å²) in [5.74, 6) is -0.978. The Labute approximate surface area is 217 Å². The number of aromatic nitrogens is 2. The highest BCUT2D eigenvalue weighted by atomic mass is 16.5. The second-order valence-electron chi connectivity index (χ2n) is 7.71. The van der Waals surface area contributed by atoms with Crippen LogP contribution in [0.15, 0.2) is 65.1 Å². The minimum Gasteiger partial charge on any atom is -0.493 e. The molecule has 0 N–H and O–H groups in total. The van der Waals surface area contributed by atoms with Crippen molar-refractivity contribution in [3.8, 4) is 28.4 Å². The fraction of sp³-hybridized carbons (Fsp3) is 0.185. The minimum absolute atomic E-state index is 0.00916. The van der Waals surface area contributed by atoms with Crippen LogP contribution in [0.25, 0.3) is 16.9 Å². The zero-order valence-electron chi connectivity index (χ0n) is 21.0. The summed E-state index contributed by atoms with van der Waals surface area (Å²) in [5, 5.41) is 4.57. The zero-order chi connectivity index (χ0) is 27.2. The third-order valence-electron chi connectivity index (χ3n) is 5.51. The maximum absolute atomic E-state index is 12.9. The van der Waals surface area contributed by atoms with Gasteiger partial charge in [0.1, 0.15) is 23.6 Å². The number of hydrogen-bond acceptors (Lipinski definition) is 10. The maximum atomic E-state index is 12.9. The molecule has 0 atom stereocenters. The van der Waals surface area contributed by atoms with Crippen LogP contribution in [0.5, 0.6) is 11.5 Å². The molecule has 0 saturated heterocycles. The van der Waals surface area contributed by atoms with Gasteiger partial charge in [-0.3, -0.25) is 0 Å². The van der Waals surface area contributed by atoms with Crippen LogP contribution in [0.1, 0.15) is 37.2 Å². The smallest absolute Gasteiger partial charge is 0.373 e. The van der Waals surface area contributed by atoms with Crippen molar-refractivity contribution in [3.05, 3.63) is 83.4 Å². The standard InChI is InChI=1S/C27H24N2O9/c1-33-21-14-16(10-12-19(21)37-15-18-11-13-20(38-18)25(30)34-2)23-22(26(31)35-3)24(27(32)36-4)29(28-23)17-8-6-5-7-9-17/h5-14H,15H2,1-4H3. The summed E-state index contributed by atoms with van der Waals surface area (Å²) in [7, 11) is 5.15. The van der Waals surface area contributed by atoms with Crippen LogP contribution < -0.4 is 9.47 Å². The van der Waals surface area contributed by atoms with Crippen molar-refractivity contribution in [1.82, 2.24) is 9.78 Å². The highest BCUT2D eigenvalue weighted by molar-refractivity contribution is 6.07. The predicted octanol–water partition coefficient (Wildman–Crippen LogP) is 4.08. The number of methoxy groups -OCH3 is 4. The van der Waals surface area contributed by atoms with Gasteiger partial charge in [0.2, 0.25) is 5.76 Å². The first-order valence-electron chi connectivity index (χ1n) is 11.2. The molecule has 196 valence electrons. The molecule has 0 fully saturated rings. The highest BCUT2D eigenvalue weighted by Crippen LogP contribution is 2.36. The van der Waals surface area contributed by atoms with Crippen LogP contribution in [0.3, 0.4) is 0 Å². The molecular formula is C27H24N2O9. The predicted molar refractivity (Wildman–Crippen MR) is 133 cm³/mol. The number of nitrogens with zero attached hydrogens (tertiary/aromatic N) is 2. The number of benzene rings is 2. The van der Waals surface area contributed by atoms with Crippen molar-refractivity contribution in [3.63, 3.8) is 0 Å². The van der Waals surface area contributed by atoms with E-state index in [0.717, 1.165) is 0 Å². The Hall–Kier alpha value is -5.06. The molecule has 38 heavy (non-hydrogen) atoms. The molecule has 0 unspecified atom stereocenters. The molecule has 0 radical (unpaired) electrons. The van der Waals surface area contributed by atoms with Crippen LogP contribution in [0.4, 0.5) is 0 Å². The SMILES string of the molecule is COC(=O)c1ccc(COc2ccc(-c3nn(-c4ccccc4)c(C(=O)OC)c3C(=O)OC)cc2OC)o1. The molecule has 0 aliphatic rings. The van der Waals surface area contributed by atoms with E-state index in [2.05, 4.69) is 9.84 Å². The number of hydrogen-bond donors (Lipinski definition) is 0. The average molecular weight is 520 g/mol. The van der Waals surface area contributed by atoms with E-state index in [4.69, 9.17) is 23.4 Å². The van der Waals surface area contributed by atoms with Crippen LogP contribution in [-0.4, -0.2) is 56.1 Å². The molecule has 0 saturated carbocycles. The van der Waals surface area contributed by atoms with E-state index in [1.54, 1.807) is 48.5 Å². The monoisotopic (exact) mass is 520 g/mol. The van der Waals surface area contributed by atoms with Crippen molar-refractivity contribution in [1.29, 1.82) is 0 Å². The van der Waals surface area contributed by atoms with Gasteiger partial charge in [-0.05, 0) is 42.5 Å². The molecule has 2 aromatic carbocycles. The zero-order valence-corrected chi connectivity index (χ0v) is 21.0. The Morgan fingerprint density at radius 2 is 1.53 bits per heavy atom. The van der Waals surface area contributed by atoms with Gasteiger partial charge in [-0.1, -0.05) is 18.2 Å². The molecule has 2 aromatic heterocycles. The molecule has 0 aliphatic heterocycles. The fourth-order valence-corrected chi connectivity index (χ4v) is 3.71. The Balaban J connectivity index is 1.74. The van der Waals surface area contributed by atoms with E-state index >= 15 is 0 Å². The van der Waals surface area contributed by atoms with Crippen molar-refractivity contribution in [2.45, 2.75) is 6.61 Å². The van der Waals surface area contributed by atoms with Crippen LogP contribution in [0, 0.1) is 0 Å². The van der Waals surface area contributed by atoms with Gasteiger partial charge >= 0.3 is 17.9 Å². The van der Waals surface area contributed by atoms with Gasteiger partial charge < -0.3 is 28.1 Å². The van der Waals surface area contributed by atoms with Crippen molar-refractivity contribution in [2.75, 3.05) is 28.4 Å². The summed E-state index contributed by atoms with van der Waals surface area (Å²) >= 11 is 0. The van der Waals surface area contributed by atoms with E-state index in [1.165, 1.54) is 39.2 Å². The lowest BCUT2D eigenvalue weighted by molar-refractivity contribution is 0.0549. The second kappa shape index (κ2) is 11.3. The summed E-state index contributed by atoms with van der Waals surface area (Å²) in [6.45, 7) is 0.00916. The number of ether oxygens (including phenoxy) is 5. The number of carbonyl (C=O) groups excluding carboxylic acids is 3. The van der Waals surface area contributed by atoms with Gasteiger partial charge in [0.25, 0.3) is 0 Å². The third-order valence-corrected chi connectivity index (χ3v) is 5.51. The number of carbonyl (C=O) groups is 3. The van der Waals surface area contributed by atoms with Crippen LogP contribution in [-0.2, 0) is 20.8 Å². The Morgan fingerprint density at radius 1 is 0.816 bits per heavy atom. The van der Waals surface area contributed by atoms with Crippen molar-refractivity contribution < 1.29 is 42.5 Å². The van der Waals surface area contributed by atoms with Gasteiger partial charge in [0, 0.05) is 5.56 Å². The van der Waals surface area contributed by atoms with Gasteiger partial charge in [-0.2, -0.15) is 5.10 Å². The quantitative estimate of drug-likeness (QED) is 0.235. The summed E-state index contributed by atoms with van der Waals surface area (Å²) < 4.78 is 32.6. The van der Waals surface area contributed by atoms with E-state index in [-0.39, 0.29) is 29.3 Å². The Kier molecular flexibility index (Phi) is 7.76. The number of para-hydroxylation sites is 1. The first-order chi connectivity index (χ1) is 18.4. The van der Waals surface area contributed by atoms with Crippen LogP contribution >= 0.6 is 0 Å². The Morgan fingerprint density at radius 3 is 2.18 bits per heavy atom. The highest BCUT2D eigenvalue weighted by Gasteiger charge is 2.31. The molecule has 0 spiro atoms. The second-order valence-corrected chi connectivity index (χ2v) is 7.71. The van der Waals surface area contributed by atoms with E-state index in [0.29, 0.717) is 28.5 Å². The molecule has 2 heterocycles. The van der Waals surface area contributed by atoms with E-state index < -0.39 is 17.9 Å². The van der Waals surface area contributed by atoms with Crippen LogP contribution in [0.2, 0.25) is 0 Å². The number of esters is 3. The average Bonchev–Trinajstić information content (AvgIpc) is 3.61. The number of rotatable bonds is 9. The summed E-state index contributed by atoms with van der Waals surface area (Å²) in [6, 6.07) is 16.8. The van der Waals surface area contributed by atoms with Crippen molar-refractivity contribution >= 4 is 17.9 Å². The fourth-order valence-electron chi connectivity index (χ4n) is 3.71. The van der Waals surface area contributed by atoms with E-state index in [9.17, 15) is 14.4 Å². The van der Waals surface area contributed by atoms with Gasteiger partial charge in [-0.25, -0.2) is 19.1 Å². The Bertz CT molecular complexity index is 1470. The first kappa shape index (κ1) is 26.0. The lowest BCUT2D eigenvalue weighted by Gasteiger charge is -2.11. The maximum Gasteiger partial charge on any atom is 0.373 e. The molecular weight excluding hydrogens is 496 g/mol. The first-order valence-corrected chi connectivity index (χ1v) is 11.2. The molecule has 11 heteroatoms. The topological polar surface area (TPSA) is 128 Å². The van der Waals surface area contributed by atoms with Gasteiger partial charge in [-0.15, -0.1) is 0 Å². The molecule has 11 nitrogen and oxygen atoms in total. The molecule has 0 amide bonds. The lowest BCUT2D eigenvalue weighted by atomic mass is 10.0.